The van der Waals surface area contributed by atoms with Gasteiger partial charge < -0.3 is 10.6 Å². The Morgan fingerprint density at radius 2 is 1.65 bits per heavy atom. The number of thioether (sulfide) groups is 1. The number of carbonyl (C=O) groups excluding carboxylic acids is 2. The highest BCUT2D eigenvalue weighted by Crippen LogP contribution is 2.30. The molecule has 0 aliphatic heterocycles. The zero-order chi connectivity index (χ0) is 24.1. The molecule has 0 spiro atoms. The Kier molecular flexibility index (Phi) is 7.56. The van der Waals surface area contributed by atoms with Crippen LogP contribution in [0.1, 0.15) is 29.3 Å². The van der Waals surface area contributed by atoms with Crippen molar-refractivity contribution >= 4 is 57.3 Å². The standard InChI is InChI=1S/C28H25ClN2O2S/c1-3-26(28(33)31-25-13-7-12-24(29)18(25)2)34-23-11-6-10-22(17-23)30-27(32)21-15-14-19-8-4-5-9-20(19)16-21/h4-17,26H,3H2,1-2H3,(H,30,32)(H,31,33). The molecule has 2 N–H and O–H groups in total. The van der Waals surface area contributed by atoms with E-state index in [2.05, 4.69) is 10.6 Å². The number of fused-ring (bicyclic) bond motifs is 1. The Morgan fingerprint density at radius 3 is 2.44 bits per heavy atom. The van der Waals surface area contributed by atoms with Crippen molar-refractivity contribution in [2.24, 2.45) is 0 Å². The molecule has 4 aromatic rings. The van der Waals surface area contributed by atoms with Crippen LogP contribution in [0.15, 0.2) is 89.8 Å². The lowest BCUT2D eigenvalue weighted by molar-refractivity contribution is -0.115. The molecule has 1 atom stereocenters. The normalized spacial score (nSPS) is 11.7. The van der Waals surface area contributed by atoms with Crippen molar-refractivity contribution in [3.05, 3.63) is 101 Å². The van der Waals surface area contributed by atoms with Gasteiger partial charge in [0.1, 0.15) is 0 Å². The molecule has 4 nitrogen and oxygen atoms in total. The maximum atomic E-state index is 12.9. The number of rotatable bonds is 7. The van der Waals surface area contributed by atoms with E-state index < -0.39 is 0 Å². The summed E-state index contributed by atoms with van der Waals surface area (Å²) in [6, 6.07) is 26.6. The van der Waals surface area contributed by atoms with Crippen molar-refractivity contribution in [2.75, 3.05) is 10.6 Å². The molecular weight excluding hydrogens is 464 g/mol. The molecule has 2 amide bonds. The monoisotopic (exact) mass is 488 g/mol. The molecule has 0 heterocycles. The Hall–Kier alpha value is -3.28. The Balaban J connectivity index is 1.44. The lowest BCUT2D eigenvalue weighted by Crippen LogP contribution is -2.25. The highest BCUT2D eigenvalue weighted by Gasteiger charge is 2.19. The van der Waals surface area contributed by atoms with Crippen LogP contribution in [0, 0.1) is 6.92 Å². The molecule has 1 unspecified atom stereocenters. The van der Waals surface area contributed by atoms with Crippen molar-refractivity contribution in [1.29, 1.82) is 0 Å². The van der Waals surface area contributed by atoms with Crippen molar-refractivity contribution in [3.63, 3.8) is 0 Å². The largest absolute Gasteiger partial charge is 0.325 e. The van der Waals surface area contributed by atoms with Gasteiger partial charge in [0, 0.05) is 26.9 Å². The number of benzene rings is 4. The van der Waals surface area contributed by atoms with Gasteiger partial charge in [-0.05, 0) is 72.1 Å². The van der Waals surface area contributed by atoms with Crippen LogP contribution >= 0.6 is 23.4 Å². The van der Waals surface area contributed by atoms with Crippen LogP contribution in [0.25, 0.3) is 10.8 Å². The number of anilines is 2. The van der Waals surface area contributed by atoms with E-state index >= 15 is 0 Å². The molecule has 0 saturated carbocycles. The van der Waals surface area contributed by atoms with Crippen LogP contribution in [-0.2, 0) is 4.79 Å². The van der Waals surface area contributed by atoms with E-state index in [1.165, 1.54) is 11.8 Å². The number of amides is 2. The molecule has 0 aliphatic rings. The summed E-state index contributed by atoms with van der Waals surface area (Å²) >= 11 is 7.65. The van der Waals surface area contributed by atoms with Gasteiger partial charge in [0.2, 0.25) is 5.91 Å². The molecule has 0 fully saturated rings. The van der Waals surface area contributed by atoms with Gasteiger partial charge >= 0.3 is 0 Å². The first kappa shape index (κ1) is 23.9. The number of halogens is 1. The Labute approximate surface area is 208 Å². The highest BCUT2D eigenvalue weighted by atomic mass is 35.5. The smallest absolute Gasteiger partial charge is 0.255 e. The molecule has 172 valence electrons. The van der Waals surface area contributed by atoms with Crippen LogP contribution < -0.4 is 10.6 Å². The second kappa shape index (κ2) is 10.8. The maximum absolute atomic E-state index is 12.9. The average Bonchev–Trinajstić information content (AvgIpc) is 2.85. The van der Waals surface area contributed by atoms with Gasteiger partial charge in [-0.25, -0.2) is 0 Å². The molecule has 6 heteroatoms. The summed E-state index contributed by atoms with van der Waals surface area (Å²) in [4.78, 5) is 26.7. The zero-order valence-corrected chi connectivity index (χ0v) is 20.5. The van der Waals surface area contributed by atoms with E-state index in [4.69, 9.17) is 11.6 Å². The van der Waals surface area contributed by atoms with E-state index in [1.807, 2.05) is 92.7 Å². The van der Waals surface area contributed by atoms with Crippen LogP contribution in [-0.4, -0.2) is 17.1 Å². The van der Waals surface area contributed by atoms with Crippen molar-refractivity contribution in [2.45, 2.75) is 30.4 Å². The third kappa shape index (κ3) is 5.61. The summed E-state index contributed by atoms with van der Waals surface area (Å²) in [7, 11) is 0. The molecular formula is C28H25ClN2O2S. The molecule has 0 bridgehead atoms. The van der Waals surface area contributed by atoms with E-state index in [0.29, 0.717) is 28.4 Å². The molecule has 34 heavy (non-hydrogen) atoms. The van der Waals surface area contributed by atoms with E-state index in [1.54, 1.807) is 6.07 Å². The molecule has 0 saturated heterocycles. The summed E-state index contributed by atoms with van der Waals surface area (Å²) in [5.74, 6) is -0.252. The second-order valence-corrected chi connectivity index (χ2v) is 9.64. The minimum absolute atomic E-state index is 0.0801. The van der Waals surface area contributed by atoms with E-state index in [9.17, 15) is 9.59 Å². The van der Waals surface area contributed by atoms with E-state index in [-0.39, 0.29) is 17.1 Å². The lowest BCUT2D eigenvalue weighted by Gasteiger charge is -2.17. The highest BCUT2D eigenvalue weighted by molar-refractivity contribution is 8.00. The first-order valence-corrected chi connectivity index (χ1v) is 12.3. The fourth-order valence-corrected chi connectivity index (χ4v) is 4.81. The Bertz CT molecular complexity index is 1360. The molecule has 4 aromatic carbocycles. The average molecular weight is 489 g/mol. The summed E-state index contributed by atoms with van der Waals surface area (Å²) in [6.07, 6.45) is 0.657. The predicted octanol–water partition coefficient (Wildman–Crippen LogP) is 7.56. The quantitative estimate of drug-likeness (QED) is 0.264. The Morgan fingerprint density at radius 1 is 0.882 bits per heavy atom. The van der Waals surface area contributed by atoms with E-state index in [0.717, 1.165) is 21.2 Å². The molecule has 0 radical (unpaired) electrons. The van der Waals surface area contributed by atoms with Crippen LogP contribution in [0.5, 0.6) is 0 Å². The fourth-order valence-electron chi connectivity index (χ4n) is 3.62. The molecule has 4 rings (SSSR count). The number of hydrogen-bond acceptors (Lipinski definition) is 3. The summed E-state index contributed by atoms with van der Waals surface area (Å²) in [5.41, 5.74) is 2.84. The molecule has 0 aliphatic carbocycles. The zero-order valence-electron chi connectivity index (χ0n) is 19.0. The minimum Gasteiger partial charge on any atom is -0.325 e. The number of carbonyl (C=O) groups is 2. The lowest BCUT2D eigenvalue weighted by atomic mass is 10.1. The van der Waals surface area contributed by atoms with Crippen LogP contribution in [0.4, 0.5) is 11.4 Å². The predicted molar refractivity (Wildman–Crippen MR) is 143 cm³/mol. The number of nitrogens with one attached hydrogen (secondary N) is 2. The molecule has 0 aromatic heterocycles. The first-order chi connectivity index (χ1) is 16.4. The van der Waals surface area contributed by atoms with Gasteiger partial charge in [0.15, 0.2) is 0 Å². The van der Waals surface area contributed by atoms with Crippen molar-refractivity contribution in [3.8, 4) is 0 Å². The van der Waals surface area contributed by atoms with Gasteiger partial charge in [-0.15, -0.1) is 11.8 Å². The van der Waals surface area contributed by atoms with Gasteiger partial charge in [-0.2, -0.15) is 0 Å². The topological polar surface area (TPSA) is 58.2 Å². The van der Waals surface area contributed by atoms with Gasteiger partial charge in [0.25, 0.3) is 5.91 Å². The summed E-state index contributed by atoms with van der Waals surface area (Å²) in [6.45, 7) is 3.86. The van der Waals surface area contributed by atoms with Gasteiger partial charge in [-0.1, -0.05) is 61.0 Å². The summed E-state index contributed by atoms with van der Waals surface area (Å²) < 4.78 is 0. The third-order valence-corrected chi connectivity index (χ3v) is 7.34. The fraction of sp³-hybridized carbons (Fsp3) is 0.143. The second-order valence-electron chi connectivity index (χ2n) is 7.96. The van der Waals surface area contributed by atoms with Gasteiger partial charge in [0.05, 0.1) is 5.25 Å². The van der Waals surface area contributed by atoms with Crippen LogP contribution in [0.2, 0.25) is 5.02 Å². The first-order valence-electron chi connectivity index (χ1n) is 11.1. The van der Waals surface area contributed by atoms with Crippen molar-refractivity contribution < 1.29 is 9.59 Å². The number of hydrogen-bond donors (Lipinski definition) is 2. The third-order valence-electron chi connectivity index (χ3n) is 5.57. The van der Waals surface area contributed by atoms with Gasteiger partial charge in [-0.3, -0.25) is 9.59 Å². The SMILES string of the molecule is CCC(Sc1cccc(NC(=O)c2ccc3ccccc3c2)c1)C(=O)Nc1cccc(Cl)c1C. The maximum Gasteiger partial charge on any atom is 0.255 e. The minimum atomic E-state index is -0.287. The van der Waals surface area contributed by atoms with Crippen LogP contribution in [0.3, 0.4) is 0 Å². The van der Waals surface area contributed by atoms with Crippen molar-refractivity contribution in [1.82, 2.24) is 0 Å². The summed E-state index contributed by atoms with van der Waals surface area (Å²) in [5, 5.41) is 8.40.